The van der Waals surface area contributed by atoms with E-state index in [2.05, 4.69) is 25.0 Å². The number of aliphatic hydroxyl groups is 12. The molecule has 0 spiro atoms. The zero-order chi connectivity index (χ0) is 83.4. The smallest absolute Gasteiger partial charge is 0.267 e. The van der Waals surface area contributed by atoms with E-state index < -0.39 is 139 Å². The number of fused-ring (bicyclic) bond motifs is 7. The molecule has 4 aliphatic rings. The number of alkyl halides is 2. The molecular formula is C85H87F2N11O19S. The van der Waals surface area contributed by atoms with Crippen LogP contribution in [0.15, 0.2) is 211 Å². The van der Waals surface area contributed by atoms with Gasteiger partial charge in [-0.1, -0.05) is 42.5 Å². The number of pyridine rings is 4. The minimum Gasteiger partial charge on any atom is -0.464 e. The van der Waals surface area contributed by atoms with Gasteiger partial charge in [0.2, 0.25) is 0 Å². The summed E-state index contributed by atoms with van der Waals surface area (Å²) >= 11 is 0. The van der Waals surface area contributed by atoms with E-state index in [0.717, 1.165) is 78.1 Å². The number of sulfone groups is 1. The number of hydrogen-bond donors (Lipinski definition) is 12. The number of nitrogens with zero attached hydrogens (tertiary/aromatic N) is 11. The van der Waals surface area contributed by atoms with Crippen molar-refractivity contribution in [2.24, 2.45) is 14.1 Å². The van der Waals surface area contributed by atoms with Crippen LogP contribution in [0.25, 0.3) is 76.9 Å². The maximum atomic E-state index is 13.2. The number of aromatic nitrogens is 11. The third kappa shape index (κ3) is 14.7. The van der Waals surface area contributed by atoms with Crippen molar-refractivity contribution in [2.75, 3.05) is 6.26 Å². The number of furan rings is 1. The van der Waals surface area contributed by atoms with Gasteiger partial charge in [-0.25, -0.2) is 37.1 Å². The van der Waals surface area contributed by atoms with Crippen molar-refractivity contribution >= 4 is 86.7 Å². The minimum absolute atomic E-state index is 0.0507. The van der Waals surface area contributed by atoms with Crippen LogP contribution in [0.4, 0.5) is 8.78 Å². The lowest BCUT2D eigenvalue weighted by atomic mass is 9.97. The highest BCUT2D eigenvalue weighted by Gasteiger charge is 2.52. The van der Waals surface area contributed by atoms with Crippen LogP contribution in [-0.4, -0.2) is 202 Å². The molecule has 4 aromatic carbocycles. The quantitative estimate of drug-likeness (QED) is 0.0487. The highest BCUT2D eigenvalue weighted by Crippen LogP contribution is 2.44. The fourth-order valence-corrected chi connectivity index (χ4v) is 16.9. The molecule has 33 heteroatoms. The fourth-order valence-electron chi connectivity index (χ4n) is 16.2. The van der Waals surface area contributed by atoms with E-state index in [-0.39, 0.29) is 32.6 Å². The van der Waals surface area contributed by atoms with Crippen LogP contribution < -0.4 is 0 Å². The van der Waals surface area contributed by atoms with Crippen LogP contribution in [-0.2, 0) is 42.9 Å². The molecule has 12 N–H and O–H groups in total. The molecule has 15 heterocycles. The maximum absolute atomic E-state index is 13.2. The van der Waals surface area contributed by atoms with Crippen molar-refractivity contribution in [3.05, 3.63) is 252 Å². The number of benzene rings is 4. The van der Waals surface area contributed by atoms with Gasteiger partial charge >= 0.3 is 0 Å². The second-order valence-electron chi connectivity index (χ2n) is 30.4. The van der Waals surface area contributed by atoms with Gasteiger partial charge < -0.3 is 107 Å². The Bertz CT molecular complexity index is 6140. The monoisotopic (exact) mass is 1640 g/mol. The molecular weight excluding hydrogens is 1550 g/mol. The molecule has 15 aromatic rings. The molecule has 616 valence electrons. The van der Waals surface area contributed by atoms with Gasteiger partial charge in [0.15, 0.2) is 34.7 Å². The molecule has 19 rings (SSSR count). The highest BCUT2D eigenvalue weighted by atomic mass is 32.2. The predicted molar refractivity (Wildman–Crippen MR) is 426 cm³/mol. The molecule has 20 atom stereocenters. The van der Waals surface area contributed by atoms with Gasteiger partial charge in [0, 0.05) is 114 Å². The summed E-state index contributed by atoms with van der Waals surface area (Å²) in [6, 6.07) is 38.3. The van der Waals surface area contributed by atoms with Gasteiger partial charge in [0.1, 0.15) is 132 Å². The zero-order valence-electron chi connectivity index (χ0n) is 64.5. The normalized spacial score (nSPS) is 25.7. The molecule has 0 unspecified atom stereocenters. The Balaban J connectivity index is 0.000000118. The molecule has 4 saturated heterocycles. The largest absolute Gasteiger partial charge is 0.464 e. The summed E-state index contributed by atoms with van der Waals surface area (Å²) in [6.45, 7) is 7.84. The SMILES string of the molecule is Cc1ccnc2c1ccn2[C@@H]1O[C@H]([C@H](O)c2ccc3ccn(C)c3c2)[C@@H](O)[C@H]1O.Cc1ccnc2c1ccn2[C@@H]1O[C@H]([C@H](O)c2ccc3cnn(C)c3c2)[C@@H](O)[C@H]1O.Cc1ccnc2c1ccn2[C@@H]1O[C@H]([C@H](O)c2ccc3occ(C(F)F)c3c2)[C@@H](O)[C@H]1O.Cc1ccnc2c1ccn2[C@@H]1O[C@H]([C@H](O)c2cccc(S(C)(=O)=O)c2)[C@@H](O)[C@H]1O. The summed E-state index contributed by atoms with van der Waals surface area (Å²) in [5.41, 5.74) is 10.2. The Hall–Kier alpha value is -10.6. The van der Waals surface area contributed by atoms with Crippen molar-refractivity contribution in [1.29, 1.82) is 0 Å². The molecule has 0 amide bonds. The highest BCUT2D eigenvalue weighted by molar-refractivity contribution is 7.90. The van der Waals surface area contributed by atoms with E-state index in [4.69, 9.17) is 23.4 Å². The number of aliphatic hydroxyl groups excluding tert-OH is 12. The van der Waals surface area contributed by atoms with Gasteiger partial charge in [-0.15, -0.1) is 0 Å². The number of rotatable bonds is 14. The molecule has 0 radical (unpaired) electrons. The van der Waals surface area contributed by atoms with Crippen molar-refractivity contribution in [1.82, 2.24) is 52.6 Å². The average molecular weight is 1640 g/mol. The van der Waals surface area contributed by atoms with Crippen molar-refractivity contribution in [2.45, 2.75) is 162 Å². The first kappa shape index (κ1) is 81.1. The molecule has 4 aliphatic heterocycles. The fraction of sp³-hybridized carbons (Fsp3) is 0.329. The summed E-state index contributed by atoms with van der Waals surface area (Å²) in [7, 11) is 0.303. The Morgan fingerprint density at radius 3 is 1.16 bits per heavy atom. The molecule has 0 bridgehead atoms. The van der Waals surface area contributed by atoms with Gasteiger partial charge in [-0.05, 0) is 169 Å². The lowest BCUT2D eigenvalue weighted by Crippen LogP contribution is -2.34. The first-order chi connectivity index (χ1) is 56.4. The Morgan fingerprint density at radius 1 is 0.407 bits per heavy atom. The van der Waals surface area contributed by atoms with E-state index in [0.29, 0.717) is 33.7 Å². The first-order valence-corrected chi connectivity index (χ1v) is 39.9. The van der Waals surface area contributed by atoms with Gasteiger partial charge in [0.05, 0.1) is 22.2 Å². The first-order valence-electron chi connectivity index (χ1n) is 38.0. The van der Waals surface area contributed by atoms with Gasteiger partial charge in [0.25, 0.3) is 6.43 Å². The summed E-state index contributed by atoms with van der Waals surface area (Å²) in [5, 5.41) is 138. The number of ether oxygens (including phenoxy) is 4. The Kier molecular flexibility index (Phi) is 22.2. The Morgan fingerprint density at radius 2 is 0.771 bits per heavy atom. The van der Waals surface area contributed by atoms with Crippen molar-refractivity contribution in [3.63, 3.8) is 0 Å². The van der Waals surface area contributed by atoms with E-state index in [1.165, 1.54) is 36.4 Å². The second-order valence-corrected chi connectivity index (χ2v) is 32.5. The molecule has 11 aromatic heterocycles. The number of aryl methyl sites for hydroxylation is 6. The third-order valence-electron chi connectivity index (χ3n) is 23.0. The summed E-state index contributed by atoms with van der Waals surface area (Å²) < 4.78 is 89.1. The topological polar surface area (TPSA) is 421 Å². The lowest BCUT2D eigenvalue weighted by molar-refractivity contribution is -0.0848. The molecule has 0 saturated carbocycles. The third-order valence-corrected chi connectivity index (χ3v) is 24.1. The standard InChI is InChI=1S/C22H20F2N2O5.C22H23N3O4.C21H22N4O4.C20H22N2O6S/c1-10-4-6-25-21-12(10)5-7-26(21)22-18(29)17(28)19(31-22)16(27)11-2-3-15-13(8-11)14(9-30-15)20(23)24;1-12-5-8-23-21-15(12)7-10-25(21)22-19(28)18(27)20(29-22)17(26)14-4-3-13-6-9-24(2)16(13)11-14;1-11-5-7-22-20-14(11)6-8-25(20)21-18(28)17(27)19(29-21)16(26)12-3-4-13-10-23-24(2)15(13)9-12;1-11-6-8-21-19-14(11)7-9-22(19)20-17(25)16(24)18(28-20)15(23)12-4-3-5-13(10-12)29(2,26)27/h2-9,16-20,22,27-29H,1H3;3-11,17-20,22,26-28H,1-2H3;3-10,16-19,21,26-28H,1-2H3;3-10,15-18,20,23-25H,1-2H3/t16-,17+,18-,19-,22-;17-,18+,19-,20-,22-;16-,17+,18-,19-,21-;15-,16+,17-,18-,20-/m1111/s1. The molecule has 30 nitrogen and oxygen atoms in total. The summed E-state index contributed by atoms with van der Waals surface area (Å²) in [5.74, 6) is 0. The molecule has 118 heavy (non-hydrogen) atoms. The number of hydrogen-bond acceptors (Lipinski definition) is 24. The summed E-state index contributed by atoms with van der Waals surface area (Å²) in [6.07, 6.45) is -6.36. The van der Waals surface area contributed by atoms with Crippen LogP contribution in [0.1, 0.15) is 106 Å². The van der Waals surface area contributed by atoms with Crippen molar-refractivity contribution < 1.29 is 102 Å². The second kappa shape index (κ2) is 32.2. The lowest BCUT2D eigenvalue weighted by Gasteiger charge is -2.22. The zero-order valence-corrected chi connectivity index (χ0v) is 65.3. The van der Waals surface area contributed by atoms with E-state index in [1.807, 2.05) is 137 Å². The average Bonchev–Trinajstić information content (AvgIpc) is 1.62. The van der Waals surface area contributed by atoms with Crippen LogP contribution in [0, 0.1) is 27.7 Å². The van der Waals surface area contributed by atoms with E-state index >= 15 is 0 Å². The molecule has 4 fully saturated rings. The summed E-state index contributed by atoms with van der Waals surface area (Å²) in [4.78, 5) is 17.5. The maximum Gasteiger partial charge on any atom is 0.267 e. The van der Waals surface area contributed by atoms with Crippen LogP contribution in [0.2, 0.25) is 0 Å². The number of halogens is 2. The van der Waals surface area contributed by atoms with E-state index in [1.54, 1.807) is 90.9 Å². The van der Waals surface area contributed by atoms with Crippen LogP contribution in [0.3, 0.4) is 0 Å². The molecule has 0 aliphatic carbocycles. The predicted octanol–water partition coefficient (Wildman–Crippen LogP) is 8.26. The van der Waals surface area contributed by atoms with Crippen LogP contribution >= 0.6 is 0 Å². The van der Waals surface area contributed by atoms with Crippen molar-refractivity contribution in [3.8, 4) is 0 Å². The van der Waals surface area contributed by atoms with Gasteiger partial charge in [-0.3, -0.25) is 4.68 Å². The van der Waals surface area contributed by atoms with E-state index in [9.17, 15) is 78.5 Å². The van der Waals surface area contributed by atoms with Gasteiger partial charge in [-0.2, -0.15) is 5.10 Å². The minimum atomic E-state index is -3.46. The Labute approximate surface area is 671 Å². The van der Waals surface area contributed by atoms with Crippen LogP contribution in [0.5, 0.6) is 0 Å².